The second-order valence-corrected chi connectivity index (χ2v) is 13.3. The number of hydrogen-bond donors (Lipinski definition) is 1. The molecule has 4 rings (SSSR count). The van der Waals surface area contributed by atoms with Gasteiger partial charge in [-0.1, -0.05) is 29.8 Å². The average Bonchev–Trinajstić information content (AvgIpc) is 2.98. The summed E-state index contributed by atoms with van der Waals surface area (Å²) in [4.78, 5) is 19.4. The van der Waals surface area contributed by atoms with Crippen molar-refractivity contribution >= 4 is 17.6 Å². The lowest BCUT2D eigenvalue weighted by Crippen LogP contribution is -2.50. The van der Waals surface area contributed by atoms with Crippen LogP contribution in [0.25, 0.3) is 0 Å². The third-order valence-corrected chi connectivity index (χ3v) is 9.72. The second-order valence-electron chi connectivity index (χ2n) is 12.8. The molecule has 250 valence electrons. The van der Waals surface area contributed by atoms with Crippen molar-refractivity contribution in [3.05, 3.63) is 69.5 Å². The largest absolute Gasteiger partial charge is 0.480 e. The molecule has 1 aliphatic carbocycles. The molecule has 1 heterocycles. The lowest BCUT2D eigenvalue weighted by atomic mass is 9.77. The molecule has 0 amide bonds. The Hall–Kier alpha value is -2.24. The summed E-state index contributed by atoms with van der Waals surface area (Å²) in [5, 5.41) is 11.0. The number of hydrogen-bond acceptors (Lipinski definition) is 5. The first-order chi connectivity index (χ1) is 21.2. The zero-order valence-electron chi connectivity index (χ0n) is 26.6. The first-order valence-electron chi connectivity index (χ1n) is 15.9. The Balaban J connectivity index is 1.53. The summed E-state index contributed by atoms with van der Waals surface area (Å²) < 4.78 is 58.4. The molecule has 0 radical (unpaired) electrons. The molecule has 1 unspecified atom stereocenters. The summed E-state index contributed by atoms with van der Waals surface area (Å²) in [6, 6.07) is 9.47. The van der Waals surface area contributed by atoms with E-state index in [1.807, 2.05) is 30.0 Å². The molecule has 1 saturated heterocycles. The minimum Gasteiger partial charge on any atom is -0.480 e. The van der Waals surface area contributed by atoms with Crippen LogP contribution in [0.15, 0.2) is 36.4 Å². The van der Waals surface area contributed by atoms with E-state index in [2.05, 4.69) is 23.6 Å². The fourth-order valence-corrected chi connectivity index (χ4v) is 7.29. The minimum absolute atomic E-state index is 0.0211. The van der Waals surface area contributed by atoms with Gasteiger partial charge in [-0.2, -0.15) is 13.2 Å². The van der Waals surface area contributed by atoms with E-state index >= 15 is 4.39 Å². The lowest BCUT2D eigenvalue weighted by Gasteiger charge is -2.41. The Kier molecular flexibility index (Phi) is 12.3. The van der Waals surface area contributed by atoms with Crippen molar-refractivity contribution in [2.45, 2.75) is 89.2 Å². The van der Waals surface area contributed by atoms with Gasteiger partial charge < -0.3 is 9.84 Å². The third kappa shape index (κ3) is 9.41. The molecule has 2 aromatic carbocycles. The predicted molar refractivity (Wildman–Crippen MR) is 168 cm³/mol. The molecule has 2 fully saturated rings. The SMILES string of the molecule is Cc1cccc(C(C(=O)O)N(C)CC[C@@H](c2cc(Cl)ccc2F)N2CCN(C(C)C)CC2)c1C1CCC(OCC(F)(F)F)CC1. The van der Waals surface area contributed by atoms with Crippen LogP contribution in [0.2, 0.25) is 5.02 Å². The second kappa shape index (κ2) is 15.6. The van der Waals surface area contributed by atoms with Crippen molar-refractivity contribution in [2.75, 3.05) is 46.4 Å². The van der Waals surface area contributed by atoms with Gasteiger partial charge in [0.1, 0.15) is 18.5 Å². The molecule has 0 bridgehead atoms. The number of halogens is 5. The highest BCUT2D eigenvalue weighted by atomic mass is 35.5. The highest BCUT2D eigenvalue weighted by Crippen LogP contribution is 2.41. The number of ether oxygens (including phenoxy) is 1. The number of alkyl halides is 3. The third-order valence-electron chi connectivity index (χ3n) is 9.48. The van der Waals surface area contributed by atoms with Crippen LogP contribution < -0.4 is 0 Å². The van der Waals surface area contributed by atoms with Crippen LogP contribution in [-0.2, 0) is 9.53 Å². The monoisotopic (exact) mass is 655 g/mol. The molecule has 1 saturated carbocycles. The van der Waals surface area contributed by atoms with Crippen molar-refractivity contribution < 1.29 is 32.2 Å². The summed E-state index contributed by atoms with van der Waals surface area (Å²) in [6.07, 6.45) is -2.11. The number of likely N-dealkylation sites (N-methyl/N-ethyl adjacent to an activating group) is 1. The van der Waals surface area contributed by atoms with Gasteiger partial charge in [0.25, 0.3) is 0 Å². The van der Waals surface area contributed by atoms with Crippen molar-refractivity contribution in [1.82, 2.24) is 14.7 Å². The van der Waals surface area contributed by atoms with E-state index in [1.54, 1.807) is 13.1 Å². The Morgan fingerprint density at radius 3 is 2.29 bits per heavy atom. The van der Waals surface area contributed by atoms with Crippen LogP contribution in [0.4, 0.5) is 17.6 Å². The smallest absolute Gasteiger partial charge is 0.411 e. The van der Waals surface area contributed by atoms with Crippen LogP contribution >= 0.6 is 11.6 Å². The number of rotatable bonds is 12. The Morgan fingerprint density at radius 1 is 1.04 bits per heavy atom. The van der Waals surface area contributed by atoms with Gasteiger partial charge in [-0.3, -0.25) is 19.5 Å². The zero-order valence-corrected chi connectivity index (χ0v) is 27.4. The van der Waals surface area contributed by atoms with Crippen LogP contribution in [0.5, 0.6) is 0 Å². The van der Waals surface area contributed by atoms with Gasteiger partial charge in [-0.05, 0) is 101 Å². The minimum atomic E-state index is -4.36. The fourth-order valence-electron chi connectivity index (χ4n) is 7.11. The summed E-state index contributed by atoms with van der Waals surface area (Å²) in [7, 11) is 1.79. The molecule has 2 aromatic rings. The molecule has 6 nitrogen and oxygen atoms in total. The first-order valence-corrected chi connectivity index (χ1v) is 16.3. The number of carboxylic acids is 1. The van der Waals surface area contributed by atoms with E-state index in [0.717, 1.165) is 37.3 Å². The normalized spacial score (nSPS) is 21.8. The molecule has 0 spiro atoms. The topological polar surface area (TPSA) is 56.2 Å². The van der Waals surface area contributed by atoms with Crippen LogP contribution in [-0.4, -0.2) is 90.5 Å². The Bertz CT molecular complexity index is 1280. The number of carboxylic acid groups (broad SMARTS) is 1. The molecule has 11 heteroatoms. The van der Waals surface area contributed by atoms with E-state index in [-0.39, 0.29) is 17.8 Å². The van der Waals surface area contributed by atoms with Crippen LogP contribution in [0, 0.1) is 12.7 Å². The van der Waals surface area contributed by atoms with Crippen molar-refractivity contribution in [3.63, 3.8) is 0 Å². The van der Waals surface area contributed by atoms with E-state index in [9.17, 15) is 23.1 Å². The summed E-state index contributed by atoms with van der Waals surface area (Å²) in [5.74, 6) is -1.29. The standard InChI is InChI=1S/C34H46ClF4N3O3/c1-22(2)41-16-18-42(19-17-41)30(28-20-25(35)10-13-29(28)36)14-15-40(4)32(33(43)44)27-7-5-6-23(3)31(27)24-8-11-26(12-9-24)45-21-34(37,38)39/h5-7,10,13,20,22,24,26,30,32H,8-9,11-12,14-19,21H2,1-4H3,(H,43,44)/t24?,26?,30-,32?/m0/s1. The number of piperazine rings is 1. The van der Waals surface area contributed by atoms with E-state index in [4.69, 9.17) is 16.3 Å². The summed E-state index contributed by atoms with van der Waals surface area (Å²) in [6.45, 7) is 8.67. The first kappa shape index (κ1) is 35.6. The molecule has 2 aliphatic rings. The fraction of sp³-hybridized carbons (Fsp3) is 0.618. The highest BCUT2D eigenvalue weighted by Gasteiger charge is 2.35. The Morgan fingerprint density at radius 2 is 1.69 bits per heavy atom. The van der Waals surface area contributed by atoms with E-state index < -0.39 is 30.9 Å². The molecule has 45 heavy (non-hydrogen) atoms. The van der Waals surface area contributed by atoms with Crippen molar-refractivity contribution in [3.8, 4) is 0 Å². The molecule has 2 atom stereocenters. The number of benzene rings is 2. The average molecular weight is 656 g/mol. The number of nitrogens with zero attached hydrogens (tertiary/aromatic N) is 3. The van der Waals surface area contributed by atoms with Gasteiger partial charge in [0.15, 0.2) is 0 Å². The maximum Gasteiger partial charge on any atom is 0.411 e. The highest BCUT2D eigenvalue weighted by molar-refractivity contribution is 6.30. The predicted octanol–water partition coefficient (Wildman–Crippen LogP) is 7.61. The maximum absolute atomic E-state index is 15.2. The van der Waals surface area contributed by atoms with Gasteiger partial charge in [0, 0.05) is 55.4 Å². The van der Waals surface area contributed by atoms with Gasteiger partial charge in [0.05, 0.1) is 6.10 Å². The number of aryl methyl sites for hydroxylation is 1. The molecule has 1 aliphatic heterocycles. The molecular weight excluding hydrogens is 610 g/mol. The Labute approximate surface area is 269 Å². The van der Waals surface area contributed by atoms with Crippen LogP contribution in [0.1, 0.15) is 86.2 Å². The van der Waals surface area contributed by atoms with Crippen LogP contribution in [0.3, 0.4) is 0 Å². The van der Waals surface area contributed by atoms with E-state index in [0.29, 0.717) is 60.8 Å². The van der Waals surface area contributed by atoms with Crippen molar-refractivity contribution in [1.29, 1.82) is 0 Å². The number of carbonyl (C=O) groups is 1. The zero-order chi connectivity index (χ0) is 32.9. The van der Waals surface area contributed by atoms with Gasteiger partial charge in [-0.15, -0.1) is 0 Å². The van der Waals surface area contributed by atoms with Gasteiger partial charge >= 0.3 is 12.1 Å². The molecule has 0 aromatic heterocycles. The van der Waals surface area contributed by atoms with Gasteiger partial charge in [-0.25, -0.2) is 4.39 Å². The number of aliphatic carboxylic acids is 1. The summed E-state index contributed by atoms with van der Waals surface area (Å²) in [5.41, 5.74) is 3.13. The van der Waals surface area contributed by atoms with Gasteiger partial charge in [0.2, 0.25) is 0 Å². The summed E-state index contributed by atoms with van der Waals surface area (Å²) >= 11 is 6.31. The maximum atomic E-state index is 15.2. The lowest BCUT2D eigenvalue weighted by molar-refractivity contribution is -0.188. The van der Waals surface area contributed by atoms with E-state index in [1.165, 1.54) is 12.1 Å². The van der Waals surface area contributed by atoms with Crippen molar-refractivity contribution in [2.24, 2.45) is 0 Å². The quantitative estimate of drug-likeness (QED) is 0.238. The molecular formula is C34H46ClF4N3O3. The molecule has 1 N–H and O–H groups in total.